The van der Waals surface area contributed by atoms with Crippen molar-refractivity contribution in [2.24, 2.45) is 0 Å². The second kappa shape index (κ2) is 8.96. The summed E-state index contributed by atoms with van der Waals surface area (Å²) in [6.07, 6.45) is 4.54. The van der Waals surface area contributed by atoms with Crippen molar-refractivity contribution in [3.8, 4) is 0 Å². The fourth-order valence-electron chi connectivity index (χ4n) is 2.38. The third-order valence-electron chi connectivity index (χ3n) is 3.39. The van der Waals surface area contributed by atoms with Crippen LogP contribution in [0.2, 0.25) is 0 Å². The van der Waals surface area contributed by atoms with Gasteiger partial charge in [0.1, 0.15) is 0 Å². The maximum absolute atomic E-state index is 13.9. The van der Waals surface area contributed by atoms with E-state index in [1.165, 1.54) is 11.3 Å². The highest BCUT2D eigenvalue weighted by Gasteiger charge is 2.18. The quantitative estimate of drug-likeness (QED) is 0.808. The van der Waals surface area contributed by atoms with Gasteiger partial charge in [-0.3, -0.25) is 0 Å². The molecule has 1 aliphatic heterocycles. The summed E-state index contributed by atoms with van der Waals surface area (Å²) in [6, 6.07) is 0. The average molecular weight is 321 g/mol. The second-order valence-electron chi connectivity index (χ2n) is 4.82. The number of halogens is 2. The largest absolute Gasteiger partial charge is 0.395 e. The Morgan fingerprint density at radius 2 is 1.76 bits per heavy atom. The summed E-state index contributed by atoms with van der Waals surface area (Å²) < 4.78 is 13.9. The molecule has 1 fully saturated rings. The monoisotopic (exact) mass is 320 g/mol. The molecule has 2 rings (SSSR count). The van der Waals surface area contributed by atoms with Crippen LogP contribution in [0.3, 0.4) is 0 Å². The Hall–Kier alpha value is -1.18. The van der Waals surface area contributed by atoms with Crippen molar-refractivity contribution in [2.45, 2.75) is 19.3 Å². The number of rotatable bonds is 6. The molecule has 1 saturated heterocycles. The van der Waals surface area contributed by atoms with E-state index in [0.29, 0.717) is 5.95 Å². The molecule has 0 aliphatic carbocycles. The molecule has 0 radical (unpaired) electrons. The van der Waals surface area contributed by atoms with Crippen LogP contribution >= 0.6 is 12.4 Å². The summed E-state index contributed by atoms with van der Waals surface area (Å²) in [5.41, 5.74) is 0. The predicted octanol–water partition coefficient (Wildman–Crippen LogP) is 0.819. The third-order valence-corrected chi connectivity index (χ3v) is 3.39. The summed E-state index contributed by atoms with van der Waals surface area (Å²) in [5, 5.41) is 18.1. The van der Waals surface area contributed by atoms with E-state index >= 15 is 0 Å². The minimum atomic E-state index is -0.535. The highest BCUT2D eigenvalue weighted by Crippen LogP contribution is 2.21. The molecule has 120 valence electrons. The molecule has 1 aromatic rings. The molecule has 0 bridgehead atoms. The van der Waals surface area contributed by atoms with Gasteiger partial charge in [0.25, 0.3) is 0 Å². The van der Waals surface area contributed by atoms with Gasteiger partial charge in [-0.25, -0.2) is 9.37 Å². The van der Waals surface area contributed by atoms with Crippen molar-refractivity contribution in [2.75, 3.05) is 49.2 Å². The molecule has 0 spiro atoms. The fraction of sp³-hybridized carbons (Fsp3) is 0.692. The van der Waals surface area contributed by atoms with Crippen LogP contribution in [-0.4, -0.2) is 59.6 Å². The first-order chi connectivity index (χ1) is 9.76. The SMILES string of the molecule is Cl.OCCN(CCO)c1nc(N2CCCCC2)ncc1F. The Labute approximate surface area is 130 Å². The summed E-state index contributed by atoms with van der Waals surface area (Å²) in [5.74, 6) is 0.123. The van der Waals surface area contributed by atoms with Gasteiger partial charge in [-0.1, -0.05) is 0 Å². The van der Waals surface area contributed by atoms with Gasteiger partial charge in [-0.2, -0.15) is 4.98 Å². The zero-order chi connectivity index (χ0) is 14.4. The molecule has 0 amide bonds. The van der Waals surface area contributed by atoms with E-state index in [1.807, 2.05) is 4.90 Å². The molecule has 0 atom stereocenters. The zero-order valence-corrected chi connectivity index (χ0v) is 12.7. The van der Waals surface area contributed by atoms with Crippen molar-refractivity contribution in [3.05, 3.63) is 12.0 Å². The summed E-state index contributed by atoms with van der Waals surface area (Å²) in [7, 11) is 0. The molecule has 1 aromatic heterocycles. The predicted molar refractivity (Wildman–Crippen MR) is 81.7 cm³/mol. The third kappa shape index (κ3) is 4.66. The Bertz CT molecular complexity index is 427. The first-order valence-corrected chi connectivity index (χ1v) is 7.00. The number of piperidine rings is 1. The lowest BCUT2D eigenvalue weighted by Crippen LogP contribution is -2.34. The lowest BCUT2D eigenvalue weighted by molar-refractivity contribution is 0.280. The normalized spacial score (nSPS) is 14.7. The Balaban J connectivity index is 0.00000220. The minimum absolute atomic E-state index is 0. The molecule has 0 unspecified atom stereocenters. The molecule has 1 aliphatic rings. The summed E-state index contributed by atoms with van der Waals surface area (Å²) in [6.45, 7) is 1.98. The van der Waals surface area contributed by atoms with Gasteiger partial charge < -0.3 is 20.0 Å². The van der Waals surface area contributed by atoms with Crippen LogP contribution in [0.25, 0.3) is 0 Å². The van der Waals surface area contributed by atoms with Crippen molar-refractivity contribution < 1.29 is 14.6 Å². The van der Waals surface area contributed by atoms with Gasteiger partial charge in [0, 0.05) is 26.2 Å². The van der Waals surface area contributed by atoms with Crippen molar-refractivity contribution in [1.29, 1.82) is 0 Å². The van der Waals surface area contributed by atoms with E-state index < -0.39 is 5.82 Å². The zero-order valence-electron chi connectivity index (χ0n) is 11.9. The van der Waals surface area contributed by atoms with Gasteiger partial charge in [0.2, 0.25) is 5.95 Å². The molecular weight excluding hydrogens is 299 g/mol. The molecule has 6 nitrogen and oxygen atoms in total. The Morgan fingerprint density at radius 1 is 1.14 bits per heavy atom. The van der Waals surface area contributed by atoms with E-state index in [9.17, 15) is 4.39 Å². The van der Waals surface area contributed by atoms with Gasteiger partial charge >= 0.3 is 0 Å². The maximum Gasteiger partial charge on any atom is 0.227 e. The van der Waals surface area contributed by atoms with E-state index in [2.05, 4.69) is 9.97 Å². The van der Waals surface area contributed by atoms with Gasteiger partial charge in [0.15, 0.2) is 11.6 Å². The van der Waals surface area contributed by atoms with Crippen LogP contribution in [-0.2, 0) is 0 Å². The van der Waals surface area contributed by atoms with E-state index in [-0.39, 0.29) is 44.5 Å². The van der Waals surface area contributed by atoms with Gasteiger partial charge in [0.05, 0.1) is 19.4 Å². The number of anilines is 2. The van der Waals surface area contributed by atoms with Crippen molar-refractivity contribution >= 4 is 24.2 Å². The Kier molecular flexibility index (Phi) is 7.63. The van der Waals surface area contributed by atoms with Crippen LogP contribution in [0.5, 0.6) is 0 Å². The fourth-order valence-corrected chi connectivity index (χ4v) is 2.38. The highest BCUT2D eigenvalue weighted by atomic mass is 35.5. The molecule has 0 aromatic carbocycles. The van der Waals surface area contributed by atoms with Crippen molar-refractivity contribution in [3.63, 3.8) is 0 Å². The molecule has 0 saturated carbocycles. The standard InChI is InChI=1S/C13H21FN4O2.ClH/c14-11-10-15-13(18-4-2-1-3-5-18)16-12(11)17(6-8-19)7-9-20;/h10,19-20H,1-9H2;1H. The van der Waals surface area contributed by atoms with Crippen LogP contribution < -0.4 is 9.80 Å². The summed E-state index contributed by atoms with van der Waals surface area (Å²) >= 11 is 0. The Morgan fingerprint density at radius 3 is 2.33 bits per heavy atom. The molecule has 8 heteroatoms. The van der Waals surface area contributed by atoms with Crippen molar-refractivity contribution in [1.82, 2.24) is 9.97 Å². The number of aromatic nitrogens is 2. The number of hydrogen-bond acceptors (Lipinski definition) is 6. The highest BCUT2D eigenvalue weighted by molar-refractivity contribution is 5.85. The maximum atomic E-state index is 13.9. The lowest BCUT2D eigenvalue weighted by atomic mass is 10.1. The molecule has 2 heterocycles. The van der Waals surface area contributed by atoms with Crippen LogP contribution in [0.1, 0.15) is 19.3 Å². The van der Waals surface area contributed by atoms with Crippen LogP contribution in [0, 0.1) is 5.82 Å². The number of aliphatic hydroxyl groups is 2. The van der Waals surface area contributed by atoms with E-state index in [0.717, 1.165) is 32.1 Å². The van der Waals surface area contributed by atoms with Crippen LogP contribution in [0.4, 0.5) is 16.2 Å². The number of nitrogens with zero attached hydrogens (tertiary/aromatic N) is 4. The smallest absolute Gasteiger partial charge is 0.227 e. The number of hydrogen-bond donors (Lipinski definition) is 2. The van der Waals surface area contributed by atoms with Gasteiger partial charge in [-0.05, 0) is 19.3 Å². The summed E-state index contributed by atoms with van der Waals surface area (Å²) in [4.78, 5) is 11.9. The van der Waals surface area contributed by atoms with E-state index in [4.69, 9.17) is 10.2 Å². The first kappa shape index (κ1) is 17.9. The van der Waals surface area contributed by atoms with E-state index in [1.54, 1.807) is 0 Å². The topological polar surface area (TPSA) is 72.7 Å². The number of aliphatic hydroxyl groups excluding tert-OH is 2. The molecule has 21 heavy (non-hydrogen) atoms. The lowest BCUT2D eigenvalue weighted by Gasteiger charge is -2.28. The average Bonchev–Trinajstić information content (AvgIpc) is 2.48. The minimum Gasteiger partial charge on any atom is -0.395 e. The van der Waals surface area contributed by atoms with Crippen LogP contribution in [0.15, 0.2) is 6.20 Å². The molecule has 2 N–H and O–H groups in total. The first-order valence-electron chi connectivity index (χ1n) is 7.00. The molecular formula is C13H22ClFN4O2. The van der Waals surface area contributed by atoms with Gasteiger partial charge in [-0.15, -0.1) is 12.4 Å². The second-order valence-corrected chi connectivity index (χ2v) is 4.82.